The largest absolute Gasteiger partial charge is 0.461 e. The van der Waals surface area contributed by atoms with E-state index in [4.69, 9.17) is 4.74 Å². The van der Waals surface area contributed by atoms with Gasteiger partial charge in [-0.1, -0.05) is 36.4 Å². The van der Waals surface area contributed by atoms with Crippen molar-refractivity contribution >= 4 is 22.9 Å². The van der Waals surface area contributed by atoms with Crippen molar-refractivity contribution in [2.45, 2.75) is 65.1 Å². The molecule has 3 rings (SSSR count). The fourth-order valence-corrected chi connectivity index (χ4v) is 4.80. The SMILES string of the molecule is CC(C)OC(=O)C(C)N(c1ccc(-c2ccc(CCN3CCCC3C)cc2)cc1)S(=O)O. The number of hydrogen-bond donors (Lipinski definition) is 1. The first-order valence-electron chi connectivity index (χ1n) is 11.3. The van der Waals surface area contributed by atoms with Crippen LogP contribution in [0, 0.1) is 0 Å². The van der Waals surface area contributed by atoms with Gasteiger partial charge in [0.2, 0.25) is 0 Å². The number of hydrogen-bond acceptors (Lipinski definition) is 4. The van der Waals surface area contributed by atoms with E-state index < -0.39 is 23.3 Å². The highest BCUT2D eigenvalue weighted by Crippen LogP contribution is 2.26. The van der Waals surface area contributed by atoms with Gasteiger partial charge >= 0.3 is 5.97 Å². The monoisotopic (exact) mass is 458 g/mol. The molecular formula is C25H34N2O4S. The average molecular weight is 459 g/mol. The molecule has 0 saturated carbocycles. The molecule has 0 aromatic heterocycles. The molecule has 2 aromatic rings. The van der Waals surface area contributed by atoms with Crippen LogP contribution in [0.1, 0.15) is 46.1 Å². The maximum Gasteiger partial charge on any atom is 0.329 e. The standard InChI is InChI=1S/C25H34N2O4S/c1-18(2)31-25(28)20(4)27(32(29)30)24-13-11-23(12-14-24)22-9-7-21(8-10-22)15-17-26-16-5-6-19(26)3/h7-14,18-20H,5-6,15-17H2,1-4H3,(H,29,30). The lowest BCUT2D eigenvalue weighted by molar-refractivity contribution is -0.148. The van der Waals surface area contributed by atoms with Crippen molar-refractivity contribution in [3.8, 4) is 11.1 Å². The van der Waals surface area contributed by atoms with E-state index in [0.29, 0.717) is 11.7 Å². The van der Waals surface area contributed by atoms with Crippen molar-refractivity contribution in [2.75, 3.05) is 17.4 Å². The second kappa shape index (κ2) is 11.1. The summed E-state index contributed by atoms with van der Waals surface area (Å²) >= 11 is -2.35. The third-order valence-electron chi connectivity index (χ3n) is 6.00. The van der Waals surface area contributed by atoms with Gasteiger partial charge in [-0.25, -0.2) is 9.00 Å². The third-order valence-corrected chi connectivity index (χ3v) is 6.86. The van der Waals surface area contributed by atoms with E-state index in [9.17, 15) is 13.6 Å². The Morgan fingerprint density at radius 1 is 1.12 bits per heavy atom. The molecule has 0 amide bonds. The molecule has 1 aliphatic rings. The normalized spacial score (nSPS) is 18.5. The Morgan fingerprint density at radius 2 is 1.72 bits per heavy atom. The van der Waals surface area contributed by atoms with Crippen LogP contribution in [-0.2, 0) is 27.2 Å². The number of rotatable bonds is 9. The van der Waals surface area contributed by atoms with Gasteiger partial charge in [-0.2, -0.15) is 0 Å². The lowest BCUT2D eigenvalue weighted by atomic mass is 10.0. The number of benzene rings is 2. The lowest BCUT2D eigenvalue weighted by Crippen LogP contribution is -2.42. The molecule has 2 aromatic carbocycles. The predicted molar refractivity (Wildman–Crippen MR) is 130 cm³/mol. The molecule has 0 bridgehead atoms. The zero-order valence-electron chi connectivity index (χ0n) is 19.4. The zero-order valence-corrected chi connectivity index (χ0v) is 20.2. The molecule has 3 atom stereocenters. The fourth-order valence-electron chi connectivity index (χ4n) is 4.14. The second-order valence-electron chi connectivity index (χ2n) is 8.74. The van der Waals surface area contributed by atoms with Crippen LogP contribution in [-0.4, -0.2) is 50.9 Å². The molecule has 7 heteroatoms. The van der Waals surface area contributed by atoms with E-state index in [1.54, 1.807) is 32.9 Å². The number of esters is 1. The van der Waals surface area contributed by atoms with Crippen molar-refractivity contribution < 1.29 is 18.3 Å². The van der Waals surface area contributed by atoms with E-state index in [2.05, 4.69) is 36.1 Å². The van der Waals surface area contributed by atoms with Gasteiger partial charge in [0.05, 0.1) is 11.8 Å². The summed E-state index contributed by atoms with van der Waals surface area (Å²) in [6.07, 6.45) is 3.36. The first kappa shape index (κ1) is 24.4. The van der Waals surface area contributed by atoms with Crippen molar-refractivity contribution in [1.29, 1.82) is 0 Å². The number of likely N-dealkylation sites (tertiary alicyclic amines) is 1. The molecule has 0 spiro atoms. The van der Waals surface area contributed by atoms with Gasteiger partial charge in [0.15, 0.2) is 0 Å². The average Bonchev–Trinajstić information content (AvgIpc) is 3.17. The molecule has 6 nitrogen and oxygen atoms in total. The van der Waals surface area contributed by atoms with Crippen LogP contribution in [0.15, 0.2) is 48.5 Å². The number of nitrogens with zero attached hydrogens (tertiary/aromatic N) is 2. The summed E-state index contributed by atoms with van der Waals surface area (Å²) < 4.78 is 28.0. The molecule has 3 unspecified atom stereocenters. The Bertz CT molecular complexity index is 915. The van der Waals surface area contributed by atoms with Gasteiger partial charge in [0.1, 0.15) is 6.04 Å². The minimum absolute atomic E-state index is 0.289. The van der Waals surface area contributed by atoms with Crippen LogP contribution >= 0.6 is 0 Å². The summed E-state index contributed by atoms with van der Waals surface area (Å²) in [5, 5.41) is 0. The first-order valence-corrected chi connectivity index (χ1v) is 12.4. The van der Waals surface area contributed by atoms with E-state index in [1.165, 1.54) is 24.9 Å². The lowest BCUT2D eigenvalue weighted by Gasteiger charge is -2.26. The first-order chi connectivity index (χ1) is 15.3. The van der Waals surface area contributed by atoms with Crippen molar-refractivity contribution in [2.24, 2.45) is 0 Å². The van der Waals surface area contributed by atoms with Crippen molar-refractivity contribution in [1.82, 2.24) is 4.90 Å². The van der Waals surface area contributed by atoms with E-state index >= 15 is 0 Å². The van der Waals surface area contributed by atoms with Crippen LogP contribution < -0.4 is 4.31 Å². The highest BCUT2D eigenvalue weighted by atomic mass is 32.2. The van der Waals surface area contributed by atoms with E-state index in [-0.39, 0.29) is 6.10 Å². The van der Waals surface area contributed by atoms with Gasteiger partial charge in [-0.15, -0.1) is 0 Å². The summed E-state index contributed by atoms with van der Waals surface area (Å²) in [7, 11) is 0. The summed E-state index contributed by atoms with van der Waals surface area (Å²) in [5.74, 6) is -0.537. The quantitative estimate of drug-likeness (QED) is 0.437. The summed E-state index contributed by atoms with van der Waals surface area (Å²) in [6.45, 7) is 9.67. The molecule has 174 valence electrons. The minimum Gasteiger partial charge on any atom is -0.461 e. The number of carbonyl (C=O) groups excluding carboxylic acids is 1. The molecule has 1 N–H and O–H groups in total. The highest BCUT2D eigenvalue weighted by Gasteiger charge is 2.28. The van der Waals surface area contributed by atoms with Crippen LogP contribution in [0.4, 0.5) is 5.69 Å². The van der Waals surface area contributed by atoms with Gasteiger partial charge < -0.3 is 9.64 Å². The third kappa shape index (κ3) is 6.18. The Hall–Kier alpha value is -2.22. The maximum atomic E-state index is 12.2. The van der Waals surface area contributed by atoms with Gasteiger partial charge in [0, 0.05) is 12.6 Å². The van der Waals surface area contributed by atoms with Gasteiger partial charge in [-0.05, 0) is 82.3 Å². The van der Waals surface area contributed by atoms with E-state index in [1.807, 2.05) is 12.1 Å². The van der Waals surface area contributed by atoms with Crippen LogP contribution in [0.5, 0.6) is 0 Å². The molecule has 32 heavy (non-hydrogen) atoms. The smallest absolute Gasteiger partial charge is 0.329 e. The van der Waals surface area contributed by atoms with Crippen LogP contribution in [0.25, 0.3) is 11.1 Å². The van der Waals surface area contributed by atoms with Gasteiger partial charge in [-0.3, -0.25) is 8.86 Å². The summed E-state index contributed by atoms with van der Waals surface area (Å²) in [5.41, 5.74) is 3.90. The Labute approximate surface area is 194 Å². The topological polar surface area (TPSA) is 70.1 Å². The molecule has 1 fully saturated rings. The molecule has 1 saturated heterocycles. The fraction of sp³-hybridized carbons (Fsp3) is 0.480. The number of anilines is 1. The molecule has 1 heterocycles. The Kier molecular flexibility index (Phi) is 8.45. The van der Waals surface area contributed by atoms with Gasteiger partial charge in [0.25, 0.3) is 11.3 Å². The number of ether oxygens (including phenoxy) is 1. The molecule has 0 radical (unpaired) electrons. The molecule has 1 aliphatic heterocycles. The van der Waals surface area contributed by atoms with E-state index in [0.717, 1.165) is 28.4 Å². The minimum atomic E-state index is -2.35. The molecule has 0 aliphatic carbocycles. The second-order valence-corrected chi connectivity index (χ2v) is 9.59. The highest BCUT2D eigenvalue weighted by molar-refractivity contribution is 7.80. The molecular weight excluding hydrogens is 424 g/mol. The Balaban J connectivity index is 1.67. The predicted octanol–water partition coefficient (Wildman–Crippen LogP) is 4.66. The van der Waals surface area contributed by atoms with Crippen LogP contribution in [0.2, 0.25) is 0 Å². The zero-order chi connectivity index (χ0) is 23.3. The Morgan fingerprint density at radius 3 is 2.22 bits per heavy atom. The maximum absolute atomic E-state index is 12.2. The summed E-state index contributed by atoms with van der Waals surface area (Å²) in [6, 6.07) is 15.7. The summed E-state index contributed by atoms with van der Waals surface area (Å²) in [4.78, 5) is 14.8. The van der Waals surface area contributed by atoms with Crippen molar-refractivity contribution in [3.63, 3.8) is 0 Å². The number of carbonyl (C=O) groups is 1. The van der Waals surface area contributed by atoms with Crippen LogP contribution in [0.3, 0.4) is 0 Å². The van der Waals surface area contributed by atoms with Crippen molar-refractivity contribution in [3.05, 3.63) is 54.1 Å².